The Balaban J connectivity index is 1.48. The average Bonchev–Trinajstić information content (AvgIpc) is 2.79. The Morgan fingerprint density at radius 1 is 0.941 bits per heavy atom. The van der Waals surface area contributed by atoms with Crippen LogP contribution in [0.5, 0.6) is 5.75 Å². The van der Waals surface area contributed by atoms with Crippen molar-refractivity contribution in [2.45, 2.75) is 17.9 Å². The van der Waals surface area contributed by atoms with E-state index in [4.69, 9.17) is 4.74 Å². The van der Waals surface area contributed by atoms with Crippen molar-refractivity contribution in [3.05, 3.63) is 78.4 Å². The number of carbonyl (C=O) groups excluding carboxylic acids is 1. The van der Waals surface area contributed by atoms with Gasteiger partial charge in [-0.25, -0.2) is 16.8 Å². The minimum absolute atomic E-state index is 0.0276. The van der Waals surface area contributed by atoms with Gasteiger partial charge in [-0.05, 0) is 55.0 Å². The number of nitrogens with one attached hydrogen (secondary N) is 2. The molecule has 0 spiro atoms. The third kappa shape index (κ3) is 5.00. The second kappa shape index (κ2) is 8.99. The number of rotatable bonds is 6. The molecule has 11 heteroatoms. The summed E-state index contributed by atoms with van der Waals surface area (Å²) in [7, 11) is -7.45. The van der Waals surface area contributed by atoms with Crippen LogP contribution in [-0.2, 0) is 24.8 Å². The molecule has 1 heterocycles. The van der Waals surface area contributed by atoms with E-state index >= 15 is 0 Å². The van der Waals surface area contributed by atoms with Crippen molar-refractivity contribution in [3.8, 4) is 5.75 Å². The molecule has 4 rings (SSSR count). The lowest BCUT2D eigenvalue weighted by atomic mass is 10.2. The van der Waals surface area contributed by atoms with Gasteiger partial charge in [-0.15, -0.1) is 0 Å². The highest BCUT2D eigenvalue weighted by Gasteiger charge is 2.34. The van der Waals surface area contributed by atoms with Crippen LogP contribution in [0.15, 0.2) is 77.7 Å². The highest BCUT2D eigenvalue weighted by molar-refractivity contribution is 7.92. The molecule has 1 aliphatic heterocycles. The lowest BCUT2D eigenvalue weighted by Crippen LogP contribution is -2.48. The number of anilines is 3. The number of carbonyl (C=O) groups is 1. The fourth-order valence-electron chi connectivity index (χ4n) is 3.48. The molecule has 1 amide bonds. The second-order valence-corrected chi connectivity index (χ2v) is 11.4. The van der Waals surface area contributed by atoms with Gasteiger partial charge in [0.15, 0.2) is 6.10 Å². The van der Waals surface area contributed by atoms with Gasteiger partial charge < -0.3 is 10.1 Å². The summed E-state index contributed by atoms with van der Waals surface area (Å²) in [5.74, 6) is -0.278. The van der Waals surface area contributed by atoms with Crippen LogP contribution in [0.25, 0.3) is 0 Å². The number of nitrogens with zero attached hydrogens (tertiary/aromatic N) is 1. The Hall–Kier alpha value is -3.57. The zero-order chi connectivity index (χ0) is 24.5. The van der Waals surface area contributed by atoms with Crippen LogP contribution in [0, 0.1) is 6.92 Å². The molecule has 3 aromatic carbocycles. The number of hydrogen-bond acceptors (Lipinski definition) is 6. The summed E-state index contributed by atoms with van der Waals surface area (Å²) in [6, 6.07) is 19.2. The predicted molar refractivity (Wildman–Crippen MR) is 130 cm³/mol. The molecule has 1 aliphatic rings. The summed E-state index contributed by atoms with van der Waals surface area (Å²) in [6.07, 6.45) is -0.0236. The molecule has 0 aliphatic carbocycles. The second-order valence-electron chi connectivity index (χ2n) is 7.80. The number of para-hydroxylation sites is 3. The fraction of sp³-hybridized carbons (Fsp3) is 0.174. The van der Waals surface area contributed by atoms with E-state index in [1.165, 1.54) is 24.3 Å². The lowest BCUT2D eigenvalue weighted by molar-refractivity contribution is -0.122. The van der Waals surface area contributed by atoms with Gasteiger partial charge in [0.05, 0.1) is 29.1 Å². The smallest absolute Gasteiger partial charge is 0.267 e. The zero-order valence-corrected chi connectivity index (χ0v) is 20.1. The molecule has 0 saturated heterocycles. The number of hydrogen-bond donors (Lipinski definition) is 2. The lowest BCUT2D eigenvalue weighted by Gasteiger charge is -2.33. The molecular weight excluding hydrogens is 478 g/mol. The van der Waals surface area contributed by atoms with E-state index in [0.29, 0.717) is 17.1 Å². The molecule has 34 heavy (non-hydrogen) atoms. The van der Waals surface area contributed by atoms with E-state index in [9.17, 15) is 21.6 Å². The maximum absolute atomic E-state index is 12.8. The van der Waals surface area contributed by atoms with Gasteiger partial charge in [0.1, 0.15) is 5.75 Å². The Morgan fingerprint density at radius 3 is 2.26 bits per heavy atom. The van der Waals surface area contributed by atoms with E-state index in [1.807, 2.05) is 6.07 Å². The molecule has 0 saturated carbocycles. The van der Waals surface area contributed by atoms with Crippen LogP contribution in [-0.4, -0.2) is 41.6 Å². The van der Waals surface area contributed by atoms with Gasteiger partial charge in [0, 0.05) is 5.69 Å². The van der Waals surface area contributed by atoms with Crippen LogP contribution in [0.2, 0.25) is 0 Å². The molecule has 0 fully saturated rings. The van der Waals surface area contributed by atoms with Gasteiger partial charge in [-0.1, -0.05) is 30.3 Å². The minimum atomic E-state index is -3.82. The molecule has 2 N–H and O–H groups in total. The first kappa shape index (κ1) is 23.6. The first-order valence-electron chi connectivity index (χ1n) is 10.3. The van der Waals surface area contributed by atoms with Crippen molar-refractivity contribution in [1.82, 2.24) is 0 Å². The van der Waals surface area contributed by atoms with Gasteiger partial charge in [-0.3, -0.25) is 13.8 Å². The van der Waals surface area contributed by atoms with E-state index in [0.717, 1.165) is 16.1 Å². The number of benzene rings is 3. The summed E-state index contributed by atoms with van der Waals surface area (Å²) >= 11 is 0. The largest absolute Gasteiger partial charge is 0.476 e. The third-order valence-electron chi connectivity index (χ3n) is 5.25. The van der Waals surface area contributed by atoms with Crippen molar-refractivity contribution in [2.75, 3.05) is 27.1 Å². The van der Waals surface area contributed by atoms with Crippen LogP contribution < -0.4 is 19.1 Å². The highest BCUT2D eigenvalue weighted by Crippen LogP contribution is 2.34. The van der Waals surface area contributed by atoms with Gasteiger partial charge in [-0.2, -0.15) is 0 Å². The molecule has 0 bridgehead atoms. The Labute approximate surface area is 198 Å². The third-order valence-corrected chi connectivity index (χ3v) is 7.78. The van der Waals surface area contributed by atoms with Gasteiger partial charge in [0.25, 0.3) is 15.9 Å². The quantitative estimate of drug-likeness (QED) is 0.536. The first-order valence-corrected chi connectivity index (χ1v) is 13.6. The van der Waals surface area contributed by atoms with Crippen molar-refractivity contribution in [3.63, 3.8) is 0 Å². The normalized spacial score (nSPS) is 15.7. The molecule has 178 valence electrons. The average molecular weight is 502 g/mol. The number of fused-ring (bicyclic) bond motifs is 1. The van der Waals surface area contributed by atoms with Crippen LogP contribution in [0.3, 0.4) is 0 Å². The molecule has 9 nitrogen and oxygen atoms in total. The predicted octanol–water partition coefficient (Wildman–Crippen LogP) is 2.96. The van der Waals surface area contributed by atoms with Crippen molar-refractivity contribution >= 4 is 43.0 Å². The number of amides is 1. The Bertz CT molecular complexity index is 1440. The molecule has 1 atom stereocenters. The van der Waals surface area contributed by atoms with E-state index in [2.05, 4.69) is 10.0 Å². The van der Waals surface area contributed by atoms with Crippen molar-refractivity contribution in [2.24, 2.45) is 0 Å². The fourth-order valence-corrected chi connectivity index (χ4v) is 5.53. The van der Waals surface area contributed by atoms with Crippen LogP contribution in [0.1, 0.15) is 5.56 Å². The summed E-state index contributed by atoms with van der Waals surface area (Å²) in [5.41, 5.74) is 1.97. The molecule has 0 unspecified atom stereocenters. The van der Waals surface area contributed by atoms with E-state index in [1.54, 1.807) is 49.4 Å². The minimum Gasteiger partial charge on any atom is -0.476 e. The number of sulfonamides is 2. The van der Waals surface area contributed by atoms with Gasteiger partial charge >= 0.3 is 0 Å². The Kier molecular flexibility index (Phi) is 6.24. The highest BCUT2D eigenvalue weighted by atomic mass is 32.2. The summed E-state index contributed by atoms with van der Waals surface area (Å²) < 4.78 is 59.3. The maximum atomic E-state index is 12.8. The summed E-state index contributed by atoms with van der Waals surface area (Å²) in [4.78, 5) is 12.8. The SMILES string of the molecule is Cc1ccccc1NS(=O)(=O)c1ccc(NC(=O)[C@H]2CN(S(C)(=O)=O)c3ccccc3O2)cc1. The molecule has 0 aromatic heterocycles. The molecule has 3 aromatic rings. The standard InChI is InChI=1S/C23H23N3O6S2/c1-16-7-3-4-8-19(16)25-34(30,31)18-13-11-17(12-14-18)24-23(27)22-15-26(33(2,28)29)20-9-5-6-10-21(20)32-22/h3-14,22,25H,15H2,1-2H3,(H,24,27)/t22-/m1/s1. The van der Waals surface area contributed by atoms with Crippen LogP contribution in [0.4, 0.5) is 17.1 Å². The van der Waals surface area contributed by atoms with E-state index in [-0.39, 0.29) is 17.2 Å². The monoisotopic (exact) mass is 501 g/mol. The van der Waals surface area contributed by atoms with Crippen molar-refractivity contribution in [1.29, 1.82) is 0 Å². The number of ether oxygens (including phenoxy) is 1. The summed E-state index contributed by atoms with van der Waals surface area (Å²) in [5, 5.41) is 2.65. The van der Waals surface area contributed by atoms with Crippen LogP contribution >= 0.6 is 0 Å². The topological polar surface area (TPSA) is 122 Å². The zero-order valence-electron chi connectivity index (χ0n) is 18.4. The molecular formula is C23H23N3O6S2. The first-order chi connectivity index (χ1) is 16.0. The van der Waals surface area contributed by atoms with Gasteiger partial charge in [0.2, 0.25) is 10.0 Å². The Morgan fingerprint density at radius 2 is 1.59 bits per heavy atom. The summed E-state index contributed by atoms with van der Waals surface area (Å²) in [6.45, 7) is 1.61. The molecule has 0 radical (unpaired) electrons. The number of aryl methyl sites for hydroxylation is 1. The maximum Gasteiger partial charge on any atom is 0.267 e. The van der Waals surface area contributed by atoms with Crippen molar-refractivity contribution < 1.29 is 26.4 Å². The van der Waals surface area contributed by atoms with E-state index < -0.39 is 32.1 Å².